The number of hydrogen-bond donors (Lipinski definition) is 1. The summed E-state index contributed by atoms with van der Waals surface area (Å²) in [6.45, 7) is 0. The van der Waals surface area contributed by atoms with Crippen molar-refractivity contribution in [1.82, 2.24) is 9.97 Å². The van der Waals surface area contributed by atoms with E-state index in [0.717, 1.165) is 35.8 Å². The van der Waals surface area contributed by atoms with Crippen LogP contribution in [0, 0.1) is 0 Å². The highest BCUT2D eigenvalue weighted by Gasteiger charge is 2.23. The first-order valence-electron chi connectivity index (χ1n) is 7.57. The number of benzene rings is 1. The summed E-state index contributed by atoms with van der Waals surface area (Å²) in [5.74, 6) is 2.25. The van der Waals surface area contributed by atoms with Gasteiger partial charge < -0.3 is 5.73 Å². The second-order valence-electron chi connectivity index (χ2n) is 5.96. The van der Waals surface area contributed by atoms with Crippen molar-refractivity contribution in [3.05, 3.63) is 41.1 Å². The highest BCUT2D eigenvalue weighted by Crippen LogP contribution is 2.40. The molecule has 1 aromatic carbocycles. The van der Waals surface area contributed by atoms with E-state index in [-0.39, 0.29) is 0 Å². The highest BCUT2D eigenvalue weighted by atomic mass is 15.0. The minimum Gasteiger partial charge on any atom is -0.383 e. The maximum atomic E-state index is 6.12. The third-order valence-electron chi connectivity index (χ3n) is 4.43. The summed E-state index contributed by atoms with van der Waals surface area (Å²) >= 11 is 0. The normalized spacial score (nSPS) is 17.8. The number of anilines is 1. The molecule has 0 saturated heterocycles. The van der Waals surface area contributed by atoms with Gasteiger partial charge in [0, 0.05) is 16.8 Å². The van der Waals surface area contributed by atoms with Crippen molar-refractivity contribution in [2.24, 2.45) is 0 Å². The molecule has 0 radical (unpaired) electrons. The third-order valence-corrected chi connectivity index (χ3v) is 4.43. The summed E-state index contributed by atoms with van der Waals surface area (Å²) in [4.78, 5) is 9.26. The van der Waals surface area contributed by atoms with Crippen LogP contribution in [0.15, 0.2) is 24.3 Å². The van der Waals surface area contributed by atoms with Gasteiger partial charge in [0.2, 0.25) is 0 Å². The third kappa shape index (κ3) is 2.07. The van der Waals surface area contributed by atoms with Crippen LogP contribution < -0.4 is 5.73 Å². The number of nitrogens with zero attached hydrogens (tertiary/aromatic N) is 2. The monoisotopic (exact) mass is 265 g/mol. The zero-order valence-electron chi connectivity index (χ0n) is 11.6. The van der Waals surface area contributed by atoms with Crippen molar-refractivity contribution in [3.63, 3.8) is 0 Å². The lowest BCUT2D eigenvalue weighted by molar-refractivity contribution is 0.666. The Morgan fingerprint density at radius 1 is 0.950 bits per heavy atom. The molecule has 3 heteroatoms. The Morgan fingerprint density at radius 3 is 2.45 bits per heavy atom. The SMILES string of the molecule is Nc1nc(-c2ccc(C3CC3)cc2)nc2c1CCCC2. The van der Waals surface area contributed by atoms with Crippen LogP contribution in [0.3, 0.4) is 0 Å². The fourth-order valence-corrected chi connectivity index (χ4v) is 3.07. The maximum Gasteiger partial charge on any atom is 0.161 e. The molecule has 4 rings (SSSR count). The minimum atomic E-state index is 0.677. The van der Waals surface area contributed by atoms with E-state index < -0.39 is 0 Å². The molecule has 2 aliphatic carbocycles. The minimum absolute atomic E-state index is 0.677. The standard InChI is InChI=1S/C17H19N3/c18-16-14-3-1-2-4-15(14)19-17(20-16)13-9-7-12(8-10-13)11-5-6-11/h7-11H,1-6H2,(H2,18,19,20). The first-order valence-corrected chi connectivity index (χ1v) is 7.57. The van der Waals surface area contributed by atoms with Crippen LogP contribution in [0.5, 0.6) is 0 Å². The van der Waals surface area contributed by atoms with Crippen LogP contribution >= 0.6 is 0 Å². The van der Waals surface area contributed by atoms with E-state index in [0.29, 0.717) is 5.82 Å². The quantitative estimate of drug-likeness (QED) is 0.904. The fourth-order valence-electron chi connectivity index (χ4n) is 3.07. The zero-order valence-corrected chi connectivity index (χ0v) is 11.6. The van der Waals surface area contributed by atoms with Gasteiger partial charge in [-0.2, -0.15) is 0 Å². The van der Waals surface area contributed by atoms with Gasteiger partial charge in [0.25, 0.3) is 0 Å². The van der Waals surface area contributed by atoms with E-state index in [9.17, 15) is 0 Å². The predicted octanol–water partition coefficient (Wildman–Crippen LogP) is 3.48. The van der Waals surface area contributed by atoms with Gasteiger partial charge in [0.15, 0.2) is 5.82 Å². The second-order valence-corrected chi connectivity index (χ2v) is 5.96. The molecule has 2 N–H and O–H groups in total. The lowest BCUT2D eigenvalue weighted by atomic mass is 9.96. The molecule has 1 aromatic heterocycles. The van der Waals surface area contributed by atoms with Crippen molar-refractivity contribution in [2.45, 2.75) is 44.4 Å². The Kier molecular flexibility index (Phi) is 2.72. The summed E-state index contributed by atoms with van der Waals surface area (Å²) in [6, 6.07) is 8.70. The second kappa shape index (κ2) is 4.58. The van der Waals surface area contributed by atoms with Gasteiger partial charge in [-0.05, 0) is 50.0 Å². The molecule has 2 aromatic rings. The van der Waals surface area contributed by atoms with Crippen LogP contribution in [0.4, 0.5) is 5.82 Å². The molecule has 0 aliphatic heterocycles. The summed E-state index contributed by atoms with van der Waals surface area (Å²) in [7, 11) is 0. The van der Waals surface area contributed by atoms with Crippen LogP contribution in [0.25, 0.3) is 11.4 Å². The largest absolute Gasteiger partial charge is 0.383 e. The van der Waals surface area contributed by atoms with Gasteiger partial charge >= 0.3 is 0 Å². The number of fused-ring (bicyclic) bond motifs is 1. The van der Waals surface area contributed by atoms with Gasteiger partial charge in [-0.15, -0.1) is 0 Å². The number of nitrogen functional groups attached to an aromatic ring is 1. The molecule has 0 amide bonds. The molecule has 102 valence electrons. The van der Waals surface area contributed by atoms with Crippen LogP contribution in [0.2, 0.25) is 0 Å². The van der Waals surface area contributed by atoms with Crippen LogP contribution in [-0.2, 0) is 12.8 Å². The average Bonchev–Trinajstić information content (AvgIpc) is 3.32. The lowest BCUT2D eigenvalue weighted by Crippen LogP contribution is -2.11. The van der Waals surface area contributed by atoms with Crippen molar-refractivity contribution in [2.75, 3.05) is 5.73 Å². The average molecular weight is 265 g/mol. The number of rotatable bonds is 2. The van der Waals surface area contributed by atoms with Gasteiger partial charge in [-0.25, -0.2) is 9.97 Å². The summed E-state index contributed by atoms with van der Waals surface area (Å²) in [6.07, 6.45) is 7.15. The van der Waals surface area contributed by atoms with Crippen LogP contribution in [-0.4, -0.2) is 9.97 Å². The van der Waals surface area contributed by atoms with E-state index in [1.54, 1.807) is 0 Å². The van der Waals surface area contributed by atoms with Gasteiger partial charge in [-0.1, -0.05) is 24.3 Å². The van der Waals surface area contributed by atoms with E-state index in [4.69, 9.17) is 10.7 Å². The molecule has 1 saturated carbocycles. The van der Waals surface area contributed by atoms with Crippen LogP contribution in [0.1, 0.15) is 48.4 Å². The molecule has 0 bridgehead atoms. The molecule has 1 heterocycles. The van der Waals surface area contributed by atoms with Gasteiger partial charge in [0.05, 0.1) is 0 Å². The van der Waals surface area contributed by atoms with E-state index in [1.807, 2.05) is 0 Å². The Balaban J connectivity index is 1.72. The molecule has 0 spiro atoms. The van der Waals surface area contributed by atoms with Crippen molar-refractivity contribution in [3.8, 4) is 11.4 Å². The number of hydrogen-bond acceptors (Lipinski definition) is 3. The van der Waals surface area contributed by atoms with Crippen molar-refractivity contribution >= 4 is 5.82 Å². The van der Waals surface area contributed by atoms with Gasteiger partial charge in [-0.3, -0.25) is 0 Å². The summed E-state index contributed by atoms with van der Waals surface area (Å²) in [5.41, 5.74) is 11.0. The smallest absolute Gasteiger partial charge is 0.161 e. The Hall–Kier alpha value is -1.90. The highest BCUT2D eigenvalue weighted by molar-refractivity contribution is 5.59. The van der Waals surface area contributed by atoms with E-state index >= 15 is 0 Å². The molecule has 0 unspecified atom stereocenters. The Bertz CT molecular complexity index is 642. The van der Waals surface area contributed by atoms with Crippen molar-refractivity contribution in [1.29, 1.82) is 0 Å². The predicted molar refractivity (Wildman–Crippen MR) is 80.5 cm³/mol. The molecule has 1 fully saturated rings. The van der Waals surface area contributed by atoms with E-state index in [2.05, 4.69) is 29.2 Å². The maximum absolute atomic E-state index is 6.12. The first-order chi connectivity index (χ1) is 9.81. The molecule has 20 heavy (non-hydrogen) atoms. The molecular formula is C17H19N3. The molecule has 2 aliphatic rings. The van der Waals surface area contributed by atoms with Gasteiger partial charge in [0.1, 0.15) is 5.82 Å². The Morgan fingerprint density at radius 2 is 1.70 bits per heavy atom. The fraction of sp³-hybridized carbons (Fsp3) is 0.412. The topological polar surface area (TPSA) is 51.8 Å². The zero-order chi connectivity index (χ0) is 13.5. The molecule has 0 atom stereocenters. The first kappa shape index (κ1) is 11.9. The lowest BCUT2D eigenvalue weighted by Gasteiger charge is -2.17. The number of aromatic nitrogens is 2. The number of aryl methyl sites for hydroxylation is 1. The summed E-state index contributed by atoms with van der Waals surface area (Å²) < 4.78 is 0. The molecular weight excluding hydrogens is 246 g/mol. The molecule has 3 nitrogen and oxygen atoms in total. The number of nitrogens with two attached hydrogens (primary N) is 1. The van der Waals surface area contributed by atoms with Crippen molar-refractivity contribution < 1.29 is 0 Å². The summed E-state index contributed by atoms with van der Waals surface area (Å²) in [5, 5.41) is 0. The van der Waals surface area contributed by atoms with E-state index in [1.165, 1.54) is 36.8 Å². The Labute approximate surface area is 119 Å².